The number of nitro benzene ring substituents is 2. The van der Waals surface area contributed by atoms with E-state index in [1.165, 1.54) is 12.1 Å². The first-order valence-corrected chi connectivity index (χ1v) is 5.85. The predicted octanol–water partition coefficient (Wildman–Crippen LogP) is 1.46. The fourth-order valence-corrected chi connectivity index (χ4v) is 2.36. The number of nitrogens with zero attached hydrogens (tertiary/aromatic N) is 3. The van der Waals surface area contributed by atoms with Crippen LogP contribution in [0.1, 0.15) is 12.8 Å². The van der Waals surface area contributed by atoms with Crippen LogP contribution in [0.25, 0.3) is 0 Å². The van der Waals surface area contributed by atoms with Crippen molar-refractivity contribution < 1.29 is 15.0 Å². The van der Waals surface area contributed by atoms with E-state index in [1.54, 1.807) is 4.90 Å². The first-order valence-electron chi connectivity index (χ1n) is 5.85. The molecule has 0 saturated carbocycles. The highest BCUT2D eigenvalue weighted by Gasteiger charge is 2.30. The van der Waals surface area contributed by atoms with Crippen molar-refractivity contribution in [1.29, 1.82) is 0 Å². The van der Waals surface area contributed by atoms with Crippen molar-refractivity contribution in [3.05, 3.63) is 38.4 Å². The van der Waals surface area contributed by atoms with Gasteiger partial charge >= 0.3 is 0 Å². The molecule has 0 aromatic heterocycles. The number of hydrogen-bond donors (Lipinski definition) is 1. The highest BCUT2D eigenvalue weighted by molar-refractivity contribution is 5.67. The number of hydrogen-bond acceptors (Lipinski definition) is 6. The van der Waals surface area contributed by atoms with E-state index in [0.717, 1.165) is 18.9 Å². The monoisotopic (exact) mass is 267 g/mol. The van der Waals surface area contributed by atoms with Gasteiger partial charge in [-0.3, -0.25) is 20.2 Å². The van der Waals surface area contributed by atoms with Gasteiger partial charge in [0.05, 0.1) is 28.6 Å². The maximum Gasteiger partial charge on any atom is 0.299 e. The van der Waals surface area contributed by atoms with Crippen LogP contribution in [0, 0.1) is 20.2 Å². The molecule has 1 aromatic rings. The van der Waals surface area contributed by atoms with Crippen LogP contribution in [0.3, 0.4) is 0 Å². The quantitative estimate of drug-likeness (QED) is 0.653. The molecule has 8 heteroatoms. The van der Waals surface area contributed by atoms with Gasteiger partial charge in [-0.15, -0.1) is 0 Å². The Bertz CT molecular complexity index is 519. The fraction of sp³-hybridized carbons (Fsp3) is 0.455. The molecule has 0 aliphatic carbocycles. The van der Waals surface area contributed by atoms with Gasteiger partial charge in [0.25, 0.3) is 11.4 Å². The molecule has 2 rings (SSSR count). The van der Waals surface area contributed by atoms with E-state index >= 15 is 0 Å². The summed E-state index contributed by atoms with van der Waals surface area (Å²) in [6.07, 6.45) is 1.59. The van der Waals surface area contributed by atoms with Crippen molar-refractivity contribution in [3.63, 3.8) is 0 Å². The second-order valence-electron chi connectivity index (χ2n) is 4.36. The first-order chi connectivity index (χ1) is 9.04. The number of aliphatic hydroxyl groups is 1. The van der Waals surface area contributed by atoms with Crippen molar-refractivity contribution in [3.8, 4) is 0 Å². The van der Waals surface area contributed by atoms with Gasteiger partial charge in [0, 0.05) is 12.6 Å². The van der Waals surface area contributed by atoms with E-state index in [9.17, 15) is 25.3 Å². The highest BCUT2D eigenvalue weighted by atomic mass is 16.6. The first kappa shape index (κ1) is 13.2. The predicted molar refractivity (Wildman–Crippen MR) is 67.2 cm³/mol. The van der Waals surface area contributed by atoms with Crippen molar-refractivity contribution in [2.45, 2.75) is 18.9 Å². The Morgan fingerprint density at radius 2 is 2.05 bits per heavy atom. The molecule has 1 aromatic carbocycles. The molecule has 1 atom stereocenters. The molecule has 8 nitrogen and oxygen atoms in total. The normalized spacial score (nSPS) is 18.6. The van der Waals surface area contributed by atoms with Crippen LogP contribution in [0.4, 0.5) is 17.1 Å². The van der Waals surface area contributed by atoms with E-state index in [0.29, 0.717) is 12.2 Å². The van der Waals surface area contributed by atoms with Crippen LogP contribution in [0.5, 0.6) is 0 Å². The Morgan fingerprint density at radius 1 is 1.32 bits per heavy atom. The number of aliphatic hydroxyl groups excluding tert-OH is 1. The molecule has 1 saturated heterocycles. The van der Waals surface area contributed by atoms with Gasteiger partial charge in [-0.2, -0.15) is 0 Å². The summed E-state index contributed by atoms with van der Waals surface area (Å²) in [5.41, 5.74) is -0.281. The Labute approximate surface area is 108 Å². The summed E-state index contributed by atoms with van der Waals surface area (Å²) < 4.78 is 0. The molecule has 102 valence electrons. The molecule has 0 amide bonds. The van der Waals surface area contributed by atoms with E-state index in [2.05, 4.69) is 0 Å². The number of rotatable bonds is 4. The van der Waals surface area contributed by atoms with Gasteiger partial charge in [0.2, 0.25) is 0 Å². The third kappa shape index (κ3) is 2.48. The fourth-order valence-electron chi connectivity index (χ4n) is 2.36. The molecule has 0 spiro atoms. The summed E-state index contributed by atoms with van der Waals surface area (Å²) in [4.78, 5) is 22.1. The van der Waals surface area contributed by atoms with Gasteiger partial charge in [-0.25, -0.2) is 0 Å². The Hall–Kier alpha value is -2.22. The third-order valence-electron chi connectivity index (χ3n) is 3.26. The topological polar surface area (TPSA) is 110 Å². The van der Waals surface area contributed by atoms with Crippen LogP contribution in [0.15, 0.2) is 18.2 Å². The molecule has 0 radical (unpaired) electrons. The molecule has 1 N–H and O–H groups in total. The summed E-state index contributed by atoms with van der Waals surface area (Å²) in [6, 6.07) is 3.42. The summed E-state index contributed by atoms with van der Waals surface area (Å²) in [7, 11) is 0. The largest absolute Gasteiger partial charge is 0.394 e. The molecule has 1 heterocycles. The summed E-state index contributed by atoms with van der Waals surface area (Å²) >= 11 is 0. The molecule has 0 bridgehead atoms. The van der Waals surface area contributed by atoms with Gasteiger partial charge < -0.3 is 10.0 Å². The number of anilines is 1. The minimum Gasteiger partial charge on any atom is -0.394 e. The lowest BCUT2D eigenvalue weighted by Crippen LogP contribution is -2.32. The molecule has 1 fully saturated rings. The molecule has 1 unspecified atom stereocenters. The van der Waals surface area contributed by atoms with Crippen molar-refractivity contribution in [2.24, 2.45) is 0 Å². The van der Waals surface area contributed by atoms with Crippen LogP contribution in [-0.2, 0) is 0 Å². The second-order valence-corrected chi connectivity index (χ2v) is 4.36. The average molecular weight is 267 g/mol. The zero-order chi connectivity index (χ0) is 14.0. The summed E-state index contributed by atoms with van der Waals surface area (Å²) in [5, 5.41) is 31.0. The van der Waals surface area contributed by atoms with E-state index < -0.39 is 9.85 Å². The lowest BCUT2D eigenvalue weighted by Gasteiger charge is -2.24. The molecule has 19 heavy (non-hydrogen) atoms. The van der Waals surface area contributed by atoms with Crippen molar-refractivity contribution in [1.82, 2.24) is 0 Å². The Balaban J connectivity index is 2.45. The van der Waals surface area contributed by atoms with Crippen LogP contribution in [0.2, 0.25) is 0 Å². The van der Waals surface area contributed by atoms with Crippen molar-refractivity contribution >= 4 is 17.1 Å². The molecular weight excluding hydrogens is 254 g/mol. The van der Waals surface area contributed by atoms with Gasteiger partial charge in [0.15, 0.2) is 0 Å². The lowest BCUT2D eigenvalue weighted by atomic mass is 10.2. The highest BCUT2D eigenvalue weighted by Crippen LogP contribution is 2.35. The van der Waals surface area contributed by atoms with Gasteiger partial charge in [-0.05, 0) is 18.9 Å². The van der Waals surface area contributed by atoms with E-state index in [4.69, 9.17) is 0 Å². The van der Waals surface area contributed by atoms with Gasteiger partial charge in [0.1, 0.15) is 5.69 Å². The second kappa shape index (κ2) is 5.19. The minimum atomic E-state index is -0.662. The van der Waals surface area contributed by atoms with E-state index in [1.807, 2.05) is 0 Å². The molecule has 1 aliphatic rings. The number of benzene rings is 1. The minimum absolute atomic E-state index is 0.0891. The Morgan fingerprint density at radius 3 is 2.63 bits per heavy atom. The third-order valence-corrected chi connectivity index (χ3v) is 3.26. The van der Waals surface area contributed by atoms with Crippen molar-refractivity contribution in [2.75, 3.05) is 18.1 Å². The zero-order valence-electron chi connectivity index (χ0n) is 10.1. The lowest BCUT2D eigenvalue weighted by molar-refractivity contribution is -0.393. The number of non-ortho nitro benzene ring substituents is 1. The van der Waals surface area contributed by atoms with Crippen LogP contribution < -0.4 is 4.90 Å². The zero-order valence-corrected chi connectivity index (χ0v) is 10.1. The standard InChI is InChI=1S/C11H13N3O5/c15-7-9-2-1-5-12(9)10-4-3-8(13(16)17)6-11(10)14(18)19/h3-4,6,9,15H,1-2,5,7H2. The van der Waals surface area contributed by atoms with Crippen LogP contribution >= 0.6 is 0 Å². The maximum absolute atomic E-state index is 11.0. The summed E-state index contributed by atoms with van der Waals surface area (Å²) in [5.74, 6) is 0. The SMILES string of the molecule is O=[N+]([O-])c1ccc(N2CCCC2CO)c([N+](=O)[O-])c1. The Kier molecular flexibility index (Phi) is 3.61. The molecular formula is C11H13N3O5. The number of nitro groups is 2. The van der Waals surface area contributed by atoms with Gasteiger partial charge in [-0.1, -0.05) is 0 Å². The smallest absolute Gasteiger partial charge is 0.299 e. The van der Waals surface area contributed by atoms with E-state index in [-0.39, 0.29) is 24.0 Å². The average Bonchev–Trinajstić information content (AvgIpc) is 2.85. The maximum atomic E-state index is 11.0. The molecule has 1 aliphatic heterocycles. The van der Waals surface area contributed by atoms with Crippen LogP contribution in [-0.4, -0.2) is 34.1 Å². The summed E-state index contributed by atoms with van der Waals surface area (Å²) in [6.45, 7) is 0.512.